The van der Waals surface area contributed by atoms with Gasteiger partial charge in [-0.15, -0.1) is 0 Å². The van der Waals surface area contributed by atoms with Crippen LogP contribution < -0.4 is 5.32 Å². The van der Waals surface area contributed by atoms with E-state index in [4.69, 9.17) is 4.74 Å². The van der Waals surface area contributed by atoms with Gasteiger partial charge < -0.3 is 15.0 Å². The molecular weight excluding hydrogens is 443 g/mol. The maximum atomic E-state index is 14.1. The van der Waals surface area contributed by atoms with Gasteiger partial charge in [0.1, 0.15) is 5.82 Å². The van der Waals surface area contributed by atoms with Crippen LogP contribution in [0.25, 0.3) is 0 Å². The Morgan fingerprint density at radius 1 is 1.27 bits per heavy atom. The van der Waals surface area contributed by atoms with Gasteiger partial charge in [-0.2, -0.15) is 0 Å². The van der Waals surface area contributed by atoms with Crippen LogP contribution >= 0.6 is 11.8 Å². The summed E-state index contributed by atoms with van der Waals surface area (Å²) in [5.41, 5.74) is 2.98. The first kappa shape index (κ1) is 22.7. The molecule has 0 fully saturated rings. The van der Waals surface area contributed by atoms with E-state index < -0.39 is 17.8 Å². The molecule has 4 rings (SSSR count). The zero-order chi connectivity index (χ0) is 23.4. The minimum absolute atomic E-state index is 0.0766. The summed E-state index contributed by atoms with van der Waals surface area (Å²) in [7, 11) is 0. The molecule has 1 aromatic heterocycles. The number of amides is 1. The normalized spacial score (nSPS) is 17.3. The molecule has 1 amide bonds. The number of rotatable bonds is 7. The minimum Gasteiger partial charge on any atom is -0.463 e. The van der Waals surface area contributed by atoms with E-state index in [-0.39, 0.29) is 18.9 Å². The number of esters is 1. The van der Waals surface area contributed by atoms with Crippen LogP contribution in [-0.2, 0) is 20.9 Å². The second-order valence-electron chi connectivity index (χ2n) is 7.48. The Hall–Kier alpha value is -3.46. The van der Waals surface area contributed by atoms with Crippen molar-refractivity contribution in [3.05, 3.63) is 88.1 Å². The zero-order valence-electron chi connectivity index (χ0n) is 18.2. The number of aromatic nitrogens is 1. The molecule has 0 aliphatic carbocycles. The molecule has 3 heterocycles. The molecule has 33 heavy (non-hydrogen) atoms. The Kier molecular flexibility index (Phi) is 6.88. The number of thioether (sulfide) groups is 1. The highest BCUT2D eigenvalue weighted by molar-refractivity contribution is 8.16. The summed E-state index contributed by atoms with van der Waals surface area (Å²) in [6, 6.07) is 9.13. The molecule has 1 aromatic carbocycles. The minimum atomic E-state index is -0.653. The third kappa shape index (κ3) is 4.98. The molecule has 1 unspecified atom stereocenters. The largest absolute Gasteiger partial charge is 0.463 e. The first-order chi connectivity index (χ1) is 16.0. The molecular formula is C24H23FN4O3S. The van der Waals surface area contributed by atoms with Gasteiger partial charge in [0.2, 0.25) is 5.91 Å². The number of carbonyl (C=O) groups is 2. The molecule has 2 aliphatic heterocycles. The predicted octanol–water partition coefficient (Wildman–Crippen LogP) is 4.07. The lowest BCUT2D eigenvalue weighted by Gasteiger charge is -2.36. The monoisotopic (exact) mass is 466 g/mol. The van der Waals surface area contributed by atoms with E-state index in [0.29, 0.717) is 34.2 Å². The van der Waals surface area contributed by atoms with Gasteiger partial charge in [0, 0.05) is 24.6 Å². The van der Waals surface area contributed by atoms with Crippen LogP contribution in [0.5, 0.6) is 0 Å². The lowest BCUT2D eigenvalue weighted by atomic mass is 9.93. The average molecular weight is 467 g/mol. The topological polar surface area (TPSA) is 83.9 Å². The molecule has 0 saturated carbocycles. The van der Waals surface area contributed by atoms with E-state index in [2.05, 4.69) is 15.3 Å². The van der Waals surface area contributed by atoms with Gasteiger partial charge in [0.15, 0.2) is 5.17 Å². The molecule has 0 saturated heterocycles. The van der Waals surface area contributed by atoms with E-state index in [9.17, 15) is 14.0 Å². The maximum Gasteiger partial charge on any atom is 0.338 e. The van der Waals surface area contributed by atoms with Gasteiger partial charge in [-0.3, -0.25) is 9.78 Å². The number of benzene rings is 1. The maximum absolute atomic E-state index is 14.1. The third-order valence-corrected chi connectivity index (χ3v) is 6.10. The summed E-state index contributed by atoms with van der Waals surface area (Å²) in [5, 5.41) is 5.36. The Bertz CT molecular complexity index is 1160. The molecule has 2 aliphatic rings. The zero-order valence-corrected chi connectivity index (χ0v) is 19.1. The Morgan fingerprint density at radius 3 is 2.85 bits per heavy atom. The van der Waals surface area contributed by atoms with Crippen molar-refractivity contribution in [2.75, 3.05) is 6.61 Å². The first-order valence-corrected chi connectivity index (χ1v) is 11.4. The van der Waals surface area contributed by atoms with Crippen LogP contribution in [0.15, 0.2) is 76.2 Å². The number of fused-ring (bicyclic) bond motifs is 1. The summed E-state index contributed by atoms with van der Waals surface area (Å²) in [5.74, 6) is -1.11. The average Bonchev–Trinajstić information content (AvgIpc) is 3.19. The van der Waals surface area contributed by atoms with Crippen molar-refractivity contribution in [2.45, 2.75) is 32.9 Å². The molecule has 0 spiro atoms. The number of hydrogen-bond donors (Lipinski definition) is 1. The number of aliphatic imine (C=N–C) groups is 1. The molecule has 7 nitrogen and oxygen atoms in total. The van der Waals surface area contributed by atoms with Crippen molar-refractivity contribution in [1.29, 1.82) is 0 Å². The standard InChI is InChI=1S/C24H23FN4O3S/c1-3-32-23(31)21-15(2)28-24-29(22(21)17-7-4-8-18(25)10-17)19(14-33-24)11-20(30)27-13-16-6-5-9-26-12-16/h4-10,12,14,22H,3,11,13H2,1-2H3,(H,27,30). The SMILES string of the molecule is CCOC(=O)C1=C(C)N=C2SC=C(CC(=O)NCc3cccnc3)N2C1c1cccc(F)c1. The first-order valence-electron chi connectivity index (χ1n) is 10.5. The van der Waals surface area contributed by atoms with Gasteiger partial charge in [-0.25, -0.2) is 14.2 Å². The number of amidine groups is 1. The molecule has 0 radical (unpaired) electrons. The van der Waals surface area contributed by atoms with Crippen LogP contribution in [0.4, 0.5) is 4.39 Å². The molecule has 0 bridgehead atoms. The highest BCUT2D eigenvalue weighted by Crippen LogP contribution is 2.44. The molecule has 170 valence electrons. The van der Waals surface area contributed by atoms with Gasteiger partial charge in [-0.1, -0.05) is 30.0 Å². The number of carbonyl (C=O) groups excluding carboxylic acids is 2. The Labute approximate surface area is 195 Å². The van der Waals surface area contributed by atoms with Gasteiger partial charge >= 0.3 is 5.97 Å². The Morgan fingerprint density at radius 2 is 2.12 bits per heavy atom. The number of hydrogen-bond acceptors (Lipinski definition) is 7. The highest BCUT2D eigenvalue weighted by Gasteiger charge is 2.41. The third-order valence-electron chi connectivity index (χ3n) is 5.21. The summed E-state index contributed by atoms with van der Waals surface area (Å²) >= 11 is 1.37. The van der Waals surface area contributed by atoms with Crippen molar-refractivity contribution >= 4 is 28.8 Å². The van der Waals surface area contributed by atoms with Crippen molar-refractivity contribution in [3.63, 3.8) is 0 Å². The van der Waals surface area contributed by atoms with E-state index in [1.807, 2.05) is 22.4 Å². The number of allylic oxidation sites excluding steroid dienone is 1. The van der Waals surface area contributed by atoms with Crippen molar-refractivity contribution in [3.8, 4) is 0 Å². The molecule has 2 aromatic rings. The summed E-state index contributed by atoms with van der Waals surface area (Å²) < 4.78 is 19.4. The van der Waals surface area contributed by atoms with Gasteiger partial charge in [0.05, 0.1) is 30.3 Å². The Balaban J connectivity index is 1.61. The van der Waals surface area contributed by atoms with Gasteiger partial charge in [-0.05, 0) is 48.6 Å². The number of nitrogens with zero attached hydrogens (tertiary/aromatic N) is 3. The van der Waals surface area contributed by atoms with E-state index in [0.717, 1.165) is 5.56 Å². The fourth-order valence-corrected chi connectivity index (χ4v) is 4.73. The van der Waals surface area contributed by atoms with E-state index in [1.165, 1.54) is 23.9 Å². The predicted molar refractivity (Wildman–Crippen MR) is 124 cm³/mol. The summed E-state index contributed by atoms with van der Waals surface area (Å²) in [6.07, 6.45) is 3.44. The molecule has 1 atom stereocenters. The van der Waals surface area contributed by atoms with Crippen LogP contribution in [0, 0.1) is 5.82 Å². The fraction of sp³-hybridized carbons (Fsp3) is 0.250. The lowest BCUT2D eigenvalue weighted by Crippen LogP contribution is -2.38. The lowest BCUT2D eigenvalue weighted by molar-refractivity contribution is -0.139. The van der Waals surface area contributed by atoms with Crippen LogP contribution in [0.1, 0.15) is 37.4 Å². The molecule has 1 N–H and O–H groups in total. The van der Waals surface area contributed by atoms with Crippen LogP contribution in [0.2, 0.25) is 0 Å². The number of ether oxygens (including phenoxy) is 1. The summed E-state index contributed by atoms with van der Waals surface area (Å²) in [6.45, 7) is 4.03. The fourth-order valence-electron chi connectivity index (χ4n) is 3.76. The van der Waals surface area contributed by atoms with Crippen molar-refractivity contribution in [2.24, 2.45) is 4.99 Å². The van der Waals surface area contributed by atoms with E-state index in [1.54, 1.807) is 38.4 Å². The van der Waals surface area contributed by atoms with E-state index >= 15 is 0 Å². The number of nitrogens with one attached hydrogen (secondary N) is 1. The quantitative estimate of drug-likeness (QED) is 0.620. The summed E-state index contributed by atoms with van der Waals surface area (Å²) in [4.78, 5) is 36.0. The van der Waals surface area contributed by atoms with Crippen LogP contribution in [-0.4, -0.2) is 33.5 Å². The second-order valence-corrected chi connectivity index (χ2v) is 8.32. The van der Waals surface area contributed by atoms with Crippen molar-refractivity contribution < 1.29 is 18.7 Å². The number of pyridine rings is 1. The number of halogens is 1. The van der Waals surface area contributed by atoms with Gasteiger partial charge in [0.25, 0.3) is 0 Å². The highest BCUT2D eigenvalue weighted by atomic mass is 32.2. The molecule has 9 heteroatoms. The second kappa shape index (κ2) is 9.99. The van der Waals surface area contributed by atoms with Crippen LogP contribution in [0.3, 0.4) is 0 Å². The van der Waals surface area contributed by atoms with Crippen molar-refractivity contribution in [1.82, 2.24) is 15.2 Å². The smallest absolute Gasteiger partial charge is 0.338 e.